The van der Waals surface area contributed by atoms with Gasteiger partial charge in [0.15, 0.2) is 0 Å². The molecule has 0 spiro atoms. The Morgan fingerprint density at radius 1 is 1.42 bits per heavy atom. The third kappa shape index (κ3) is 2.26. The van der Waals surface area contributed by atoms with Crippen molar-refractivity contribution in [3.63, 3.8) is 0 Å². The van der Waals surface area contributed by atoms with Crippen LogP contribution in [0, 0.1) is 5.82 Å². The Labute approximate surface area is 106 Å². The van der Waals surface area contributed by atoms with Crippen LogP contribution in [-0.4, -0.2) is 22.7 Å². The predicted molar refractivity (Wildman–Crippen MR) is 61.8 cm³/mol. The molecular weight excluding hydrogens is 261 g/mol. The highest BCUT2D eigenvalue weighted by Crippen LogP contribution is 2.32. The van der Waals surface area contributed by atoms with Crippen molar-refractivity contribution in [1.29, 1.82) is 0 Å². The minimum absolute atomic E-state index is 0.244. The number of rotatable bonds is 3. The topological polar surface area (TPSA) is 58.9 Å². The van der Waals surface area contributed by atoms with Gasteiger partial charge in [-0.3, -0.25) is 14.9 Å². The Morgan fingerprint density at radius 3 is 2.74 bits per heavy atom. The number of carbonyl (C=O) groups is 1. The average Bonchev–Trinajstić information content (AvgIpc) is 2.67. The number of amides is 1. The van der Waals surface area contributed by atoms with Crippen molar-refractivity contribution in [1.82, 2.24) is 20.6 Å². The second-order valence-electron chi connectivity index (χ2n) is 3.97. The highest BCUT2D eigenvalue weighted by molar-refractivity contribution is 5.87. The van der Waals surface area contributed by atoms with Crippen LogP contribution in [0.1, 0.15) is 5.56 Å². The molecule has 2 aromatic rings. The number of aromatic nitrogens is 2. The maximum atomic E-state index is 13.8. The molecule has 102 valence electrons. The summed E-state index contributed by atoms with van der Waals surface area (Å²) in [5.41, 5.74) is 3.08. The van der Waals surface area contributed by atoms with Crippen molar-refractivity contribution < 1.29 is 18.0 Å². The highest BCUT2D eigenvalue weighted by atomic mass is 19.3. The van der Waals surface area contributed by atoms with Crippen LogP contribution in [0.5, 0.6) is 0 Å². The second kappa shape index (κ2) is 4.54. The SMILES string of the molecule is CNNC(=O)C(F)(F)c1cc2cn(C)nc2cc1F. The van der Waals surface area contributed by atoms with Crippen molar-refractivity contribution in [3.05, 3.63) is 29.7 Å². The van der Waals surface area contributed by atoms with Gasteiger partial charge in [-0.25, -0.2) is 9.82 Å². The lowest BCUT2D eigenvalue weighted by Crippen LogP contribution is -2.44. The van der Waals surface area contributed by atoms with Gasteiger partial charge in [-0.15, -0.1) is 0 Å². The molecule has 0 aliphatic rings. The molecule has 0 radical (unpaired) electrons. The number of carbonyl (C=O) groups excluding carboxylic acids is 1. The van der Waals surface area contributed by atoms with Gasteiger partial charge < -0.3 is 0 Å². The number of nitrogens with one attached hydrogen (secondary N) is 2. The zero-order valence-corrected chi connectivity index (χ0v) is 10.2. The summed E-state index contributed by atoms with van der Waals surface area (Å²) >= 11 is 0. The number of benzene rings is 1. The van der Waals surface area contributed by atoms with Crippen LogP contribution in [0.15, 0.2) is 18.3 Å². The zero-order chi connectivity index (χ0) is 14.2. The van der Waals surface area contributed by atoms with E-state index in [1.165, 1.54) is 17.9 Å². The van der Waals surface area contributed by atoms with Crippen LogP contribution >= 0.6 is 0 Å². The van der Waals surface area contributed by atoms with E-state index in [9.17, 15) is 18.0 Å². The number of alkyl halides is 2. The number of hydrazine groups is 1. The molecule has 1 amide bonds. The Bertz CT molecular complexity index is 638. The van der Waals surface area contributed by atoms with Gasteiger partial charge in [0.1, 0.15) is 5.82 Å². The molecule has 0 atom stereocenters. The van der Waals surface area contributed by atoms with E-state index in [0.717, 1.165) is 12.1 Å². The van der Waals surface area contributed by atoms with Crippen molar-refractivity contribution in [3.8, 4) is 0 Å². The van der Waals surface area contributed by atoms with Crippen LogP contribution in [0.2, 0.25) is 0 Å². The fourth-order valence-electron chi connectivity index (χ4n) is 1.72. The van der Waals surface area contributed by atoms with Crippen LogP contribution in [0.3, 0.4) is 0 Å². The molecule has 0 aliphatic heterocycles. The predicted octanol–water partition coefficient (Wildman–Crippen LogP) is 1.05. The Morgan fingerprint density at radius 2 is 2.11 bits per heavy atom. The second-order valence-corrected chi connectivity index (χ2v) is 3.97. The van der Waals surface area contributed by atoms with E-state index in [1.807, 2.05) is 0 Å². The minimum Gasteiger partial charge on any atom is -0.286 e. The third-order valence-electron chi connectivity index (χ3n) is 2.57. The number of halogens is 3. The highest BCUT2D eigenvalue weighted by Gasteiger charge is 2.43. The van der Waals surface area contributed by atoms with Gasteiger partial charge in [-0.2, -0.15) is 13.9 Å². The van der Waals surface area contributed by atoms with E-state index < -0.39 is 23.2 Å². The summed E-state index contributed by atoms with van der Waals surface area (Å²) in [6.45, 7) is 0. The number of fused-ring (bicyclic) bond motifs is 1. The van der Waals surface area contributed by atoms with E-state index in [-0.39, 0.29) is 5.52 Å². The van der Waals surface area contributed by atoms with Gasteiger partial charge in [-0.05, 0) is 6.07 Å². The maximum Gasteiger partial charge on any atom is 0.353 e. The summed E-state index contributed by atoms with van der Waals surface area (Å²) in [6.07, 6.45) is 1.46. The van der Waals surface area contributed by atoms with Crippen molar-refractivity contribution in [2.45, 2.75) is 5.92 Å². The van der Waals surface area contributed by atoms with Crippen molar-refractivity contribution in [2.24, 2.45) is 7.05 Å². The summed E-state index contributed by atoms with van der Waals surface area (Å²) < 4.78 is 42.7. The Kier molecular flexibility index (Phi) is 3.19. The first-order valence-electron chi connectivity index (χ1n) is 5.34. The monoisotopic (exact) mass is 272 g/mol. The smallest absolute Gasteiger partial charge is 0.286 e. The van der Waals surface area contributed by atoms with Crippen LogP contribution in [0.25, 0.3) is 10.9 Å². The third-order valence-corrected chi connectivity index (χ3v) is 2.57. The van der Waals surface area contributed by atoms with Crippen LogP contribution in [0.4, 0.5) is 13.2 Å². The van der Waals surface area contributed by atoms with E-state index in [1.54, 1.807) is 12.5 Å². The van der Waals surface area contributed by atoms with E-state index >= 15 is 0 Å². The van der Waals surface area contributed by atoms with Gasteiger partial charge in [0, 0.05) is 31.7 Å². The van der Waals surface area contributed by atoms with Crippen molar-refractivity contribution in [2.75, 3.05) is 7.05 Å². The number of nitrogens with zero attached hydrogens (tertiary/aromatic N) is 2. The van der Waals surface area contributed by atoms with Gasteiger partial charge >= 0.3 is 11.8 Å². The summed E-state index contributed by atoms with van der Waals surface area (Å²) in [5, 5.41) is 4.23. The molecule has 19 heavy (non-hydrogen) atoms. The molecule has 1 heterocycles. The minimum atomic E-state index is -3.98. The van der Waals surface area contributed by atoms with Crippen LogP contribution in [-0.2, 0) is 17.8 Å². The molecule has 0 saturated heterocycles. The number of hydrogen-bond donors (Lipinski definition) is 2. The molecule has 0 unspecified atom stereocenters. The Balaban J connectivity index is 2.54. The van der Waals surface area contributed by atoms with Gasteiger partial charge in [-0.1, -0.05) is 0 Å². The summed E-state index contributed by atoms with van der Waals surface area (Å²) in [5.74, 6) is -6.78. The van der Waals surface area contributed by atoms with Gasteiger partial charge in [0.25, 0.3) is 0 Å². The van der Waals surface area contributed by atoms with E-state index in [0.29, 0.717) is 5.39 Å². The lowest BCUT2D eigenvalue weighted by atomic mass is 10.1. The molecule has 8 heteroatoms. The first kappa shape index (κ1) is 13.3. The molecule has 1 aromatic heterocycles. The normalized spacial score (nSPS) is 11.8. The first-order chi connectivity index (χ1) is 8.86. The zero-order valence-electron chi connectivity index (χ0n) is 10.2. The molecule has 2 N–H and O–H groups in total. The lowest BCUT2D eigenvalue weighted by Gasteiger charge is -2.16. The standard InChI is InChI=1S/C11H11F3N4O/c1-15-16-10(19)11(13,14)7-3-6-5-18(2)17-9(6)4-8(7)12/h3-5,15H,1-2H3,(H,16,19). The quantitative estimate of drug-likeness (QED) is 0.821. The van der Waals surface area contributed by atoms with Gasteiger partial charge in [0.05, 0.1) is 11.1 Å². The molecule has 0 aliphatic carbocycles. The maximum absolute atomic E-state index is 13.8. The molecule has 2 rings (SSSR count). The van der Waals surface area contributed by atoms with Crippen LogP contribution < -0.4 is 10.9 Å². The fourth-order valence-corrected chi connectivity index (χ4v) is 1.72. The van der Waals surface area contributed by atoms with Gasteiger partial charge in [0.2, 0.25) is 0 Å². The number of hydrogen-bond acceptors (Lipinski definition) is 3. The largest absolute Gasteiger partial charge is 0.353 e. The molecule has 5 nitrogen and oxygen atoms in total. The van der Waals surface area contributed by atoms with E-state index in [2.05, 4.69) is 10.5 Å². The van der Waals surface area contributed by atoms with E-state index in [4.69, 9.17) is 0 Å². The Hall–Kier alpha value is -2.09. The first-order valence-corrected chi connectivity index (χ1v) is 5.34. The molecule has 0 bridgehead atoms. The fraction of sp³-hybridized carbons (Fsp3) is 0.273. The molecular formula is C11H11F3N4O. The lowest BCUT2D eigenvalue weighted by molar-refractivity contribution is -0.148. The summed E-state index contributed by atoms with van der Waals surface area (Å²) in [6, 6.07) is 1.80. The molecule has 0 fully saturated rings. The molecule has 0 saturated carbocycles. The average molecular weight is 272 g/mol. The van der Waals surface area contributed by atoms with Crippen molar-refractivity contribution >= 4 is 16.8 Å². The number of aryl methyl sites for hydroxylation is 1. The summed E-state index contributed by atoms with van der Waals surface area (Å²) in [7, 11) is 2.85. The summed E-state index contributed by atoms with van der Waals surface area (Å²) in [4.78, 5) is 11.2. The molecule has 1 aromatic carbocycles.